The normalized spacial score (nSPS) is 30.7. The van der Waals surface area contributed by atoms with Crippen molar-refractivity contribution in [3.63, 3.8) is 0 Å². The van der Waals surface area contributed by atoms with Crippen LogP contribution in [0.2, 0.25) is 0 Å². The molecular formula is C15H28N2O2. The molecule has 0 aliphatic carbocycles. The summed E-state index contributed by atoms with van der Waals surface area (Å²) >= 11 is 0. The average Bonchev–Trinajstić information content (AvgIpc) is 3.08. The smallest absolute Gasteiger partial charge is 0.228 e. The van der Waals surface area contributed by atoms with Gasteiger partial charge in [0.25, 0.3) is 0 Å². The van der Waals surface area contributed by atoms with Crippen LogP contribution in [0.5, 0.6) is 0 Å². The van der Waals surface area contributed by atoms with Gasteiger partial charge in [-0.15, -0.1) is 0 Å². The van der Waals surface area contributed by atoms with E-state index < -0.39 is 0 Å². The first-order valence-corrected chi connectivity index (χ1v) is 7.90. The summed E-state index contributed by atoms with van der Waals surface area (Å²) in [5, 5.41) is 3.49. The molecular weight excluding hydrogens is 240 g/mol. The summed E-state index contributed by atoms with van der Waals surface area (Å²) in [6.45, 7) is 7.85. The van der Waals surface area contributed by atoms with Crippen molar-refractivity contribution in [3.8, 4) is 0 Å². The Hall–Kier alpha value is -0.610. The van der Waals surface area contributed by atoms with E-state index in [1.807, 2.05) is 0 Å². The molecule has 19 heavy (non-hydrogen) atoms. The molecule has 3 atom stereocenters. The van der Waals surface area contributed by atoms with Gasteiger partial charge in [-0.1, -0.05) is 13.8 Å². The third-order valence-corrected chi connectivity index (χ3v) is 4.34. The highest BCUT2D eigenvalue weighted by Crippen LogP contribution is 2.26. The highest BCUT2D eigenvalue weighted by Gasteiger charge is 2.36. The van der Waals surface area contributed by atoms with E-state index in [9.17, 15) is 4.79 Å². The van der Waals surface area contributed by atoms with Gasteiger partial charge in [-0.2, -0.15) is 0 Å². The SMILES string of the molecule is CCCN(CC1CCCN1)C(=O)C1CCOC1CC. The van der Waals surface area contributed by atoms with Crippen LogP contribution in [0.25, 0.3) is 0 Å². The number of nitrogens with zero attached hydrogens (tertiary/aromatic N) is 1. The molecule has 2 fully saturated rings. The van der Waals surface area contributed by atoms with E-state index in [2.05, 4.69) is 24.1 Å². The molecule has 4 nitrogen and oxygen atoms in total. The van der Waals surface area contributed by atoms with E-state index >= 15 is 0 Å². The number of carbonyl (C=O) groups is 1. The van der Waals surface area contributed by atoms with Gasteiger partial charge in [0.15, 0.2) is 0 Å². The minimum absolute atomic E-state index is 0.0953. The summed E-state index contributed by atoms with van der Waals surface area (Å²) in [5.41, 5.74) is 0. The van der Waals surface area contributed by atoms with Gasteiger partial charge in [0.1, 0.15) is 0 Å². The molecule has 2 aliphatic rings. The van der Waals surface area contributed by atoms with Gasteiger partial charge in [0, 0.05) is 25.7 Å². The third-order valence-electron chi connectivity index (χ3n) is 4.34. The number of carbonyl (C=O) groups excluding carboxylic acids is 1. The van der Waals surface area contributed by atoms with Crippen LogP contribution in [0, 0.1) is 5.92 Å². The molecule has 3 unspecified atom stereocenters. The second kappa shape index (κ2) is 7.25. The zero-order chi connectivity index (χ0) is 13.7. The molecule has 2 heterocycles. The second-order valence-corrected chi connectivity index (χ2v) is 5.79. The maximum atomic E-state index is 12.7. The van der Waals surface area contributed by atoms with Crippen molar-refractivity contribution >= 4 is 5.91 Å². The van der Waals surface area contributed by atoms with Gasteiger partial charge in [0.2, 0.25) is 5.91 Å². The molecule has 2 saturated heterocycles. The fraction of sp³-hybridized carbons (Fsp3) is 0.933. The van der Waals surface area contributed by atoms with E-state index in [0.717, 1.165) is 45.5 Å². The number of rotatable bonds is 6. The molecule has 0 saturated carbocycles. The second-order valence-electron chi connectivity index (χ2n) is 5.79. The number of hydrogen-bond donors (Lipinski definition) is 1. The van der Waals surface area contributed by atoms with Crippen LogP contribution in [-0.2, 0) is 9.53 Å². The van der Waals surface area contributed by atoms with Crippen molar-refractivity contribution in [2.75, 3.05) is 26.2 Å². The number of amides is 1. The first-order chi connectivity index (χ1) is 9.26. The van der Waals surface area contributed by atoms with Crippen molar-refractivity contribution in [1.82, 2.24) is 10.2 Å². The highest BCUT2D eigenvalue weighted by atomic mass is 16.5. The first kappa shape index (κ1) is 14.8. The Morgan fingerprint density at radius 1 is 1.37 bits per heavy atom. The number of ether oxygens (including phenoxy) is 1. The van der Waals surface area contributed by atoms with E-state index in [-0.39, 0.29) is 12.0 Å². The van der Waals surface area contributed by atoms with Crippen LogP contribution in [0.15, 0.2) is 0 Å². The summed E-state index contributed by atoms with van der Waals surface area (Å²) in [4.78, 5) is 14.8. The Kier molecular flexibility index (Phi) is 5.64. The van der Waals surface area contributed by atoms with Gasteiger partial charge >= 0.3 is 0 Å². The molecule has 0 spiro atoms. The lowest BCUT2D eigenvalue weighted by Crippen LogP contribution is -2.45. The van der Waals surface area contributed by atoms with Crippen LogP contribution in [0.4, 0.5) is 0 Å². The van der Waals surface area contributed by atoms with Crippen LogP contribution in [-0.4, -0.2) is 49.2 Å². The molecule has 4 heteroatoms. The van der Waals surface area contributed by atoms with Crippen LogP contribution < -0.4 is 5.32 Å². The molecule has 0 aromatic carbocycles. The van der Waals surface area contributed by atoms with Crippen LogP contribution in [0.1, 0.15) is 46.0 Å². The predicted molar refractivity (Wildman–Crippen MR) is 76.0 cm³/mol. The van der Waals surface area contributed by atoms with Crippen LogP contribution >= 0.6 is 0 Å². The standard InChI is InChI=1S/C15H28N2O2/c1-3-9-17(11-12-6-5-8-16-12)15(18)13-7-10-19-14(13)4-2/h12-14,16H,3-11H2,1-2H3. The Morgan fingerprint density at radius 2 is 2.21 bits per heavy atom. The fourth-order valence-electron chi connectivity index (χ4n) is 3.31. The highest BCUT2D eigenvalue weighted by molar-refractivity contribution is 5.79. The van der Waals surface area contributed by atoms with E-state index in [1.165, 1.54) is 12.8 Å². The topological polar surface area (TPSA) is 41.6 Å². The Morgan fingerprint density at radius 3 is 2.84 bits per heavy atom. The molecule has 1 amide bonds. The Labute approximate surface area is 116 Å². The quantitative estimate of drug-likeness (QED) is 0.798. The molecule has 110 valence electrons. The van der Waals surface area contributed by atoms with Gasteiger partial charge in [-0.3, -0.25) is 4.79 Å². The van der Waals surface area contributed by atoms with Crippen molar-refractivity contribution in [1.29, 1.82) is 0 Å². The largest absolute Gasteiger partial charge is 0.377 e. The first-order valence-electron chi connectivity index (χ1n) is 7.90. The van der Waals surface area contributed by atoms with Crippen molar-refractivity contribution in [2.45, 2.75) is 58.1 Å². The molecule has 1 N–H and O–H groups in total. The zero-order valence-corrected chi connectivity index (χ0v) is 12.4. The van der Waals surface area contributed by atoms with Crippen molar-refractivity contribution < 1.29 is 9.53 Å². The van der Waals surface area contributed by atoms with Gasteiger partial charge < -0.3 is 15.0 Å². The zero-order valence-electron chi connectivity index (χ0n) is 12.4. The number of hydrogen-bond acceptors (Lipinski definition) is 3. The molecule has 2 rings (SSSR count). The van der Waals surface area contributed by atoms with Gasteiger partial charge in [-0.25, -0.2) is 0 Å². The fourth-order valence-corrected chi connectivity index (χ4v) is 3.31. The van der Waals surface area contributed by atoms with Gasteiger partial charge in [-0.05, 0) is 38.6 Å². The monoisotopic (exact) mass is 268 g/mol. The summed E-state index contributed by atoms with van der Waals surface area (Å²) in [6.07, 6.45) is 5.45. The minimum Gasteiger partial charge on any atom is -0.377 e. The van der Waals surface area contributed by atoms with Crippen molar-refractivity contribution in [2.24, 2.45) is 5.92 Å². The third kappa shape index (κ3) is 3.69. The lowest BCUT2D eigenvalue weighted by Gasteiger charge is -2.29. The molecule has 0 aromatic rings. The molecule has 0 radical (unpaired) electrons. The minimum atomic E-state index is 0.0953. The summed E-state index contributed by atoms with van der Waals surface area (Å²) in [5.74, 6) is 0.415. The Balaban J connectivity index is 1.94. The van der Waals surface area contributed by atoms with Crippen molar-refractivity contribution in [3.05, 3.63) is 0 Å². The lowest BCUT2D eigenvalue weighted by molar-refractivity contribution is -0.137. The van der Waals surface area contributed by atoms with E-state index in [4.69, 9.17) is 4.74 Å². The average molecular weight is 268 g/mol. The van der Waals surface area contributed by atoms with Gasteiger partial charge in [0.05, 0.1) is 12.0 Å². The maximum Gasteiger partial charge on any atom is 0.228 e. The number of nitrogens with one attached hydrogen (secondary N) is 1. The predicted octanol–water partition coefficient (Wildman–Crippen LogP) is 1.79. The summed E-state index contributed by atoms with van der Waals surface area (Å²) < 4.78 is 5.67. The molecule has 0 bridgehead atoms. The molecule has 2 aliphatic heterocycles. The Bertz CT molecular complexity index is 290. The van der Waals surface area contributed by atoms with E-state index in [1.54, 1.807) is 0 Å². The molecule has 0 aromatic heterocycles. The lowest BCUT2D eigenvalue weighted by atomic mass is 9.97. The van der Waals surface area contributed by atoms with E-state index in [0.29, 0.717) is 11.9 Å². The summed E-state index contributed by atoms with van der Waals surface area (Å²) in [7, 11) is 0. The van der Waals surface area contributed by atoms with Crippen LogP contribution in [0.3, 0.4) is 0 Å². The summed E-state index contributed by atoms with van der Waals surface area (Å²) in [6, 6.07) is 0.498. The maximum absolute atomic E-state index is 12.7.